The zero-order valence-corrected chi connectivity index (χ0v) is 28.0. The molecule has 2 saturated heterocycles. The van der Waals surface area contributed by atoms with E-state index < -0.39 is 20.2 Å². The molecule has 40 heavy (non-hydrogen) atoms. The molecule has 0 spiro atoms. The first kappa shape index (κ1) is 30.4. The average Bonchev–Trinajstić information content (AvgIpc) is 3.49. The molecular formula is C26H42N5O5PS2Si. The van der Waals surface area contributed by atoms with Crippen LogP contribution in [0.3, 0.4) is 0 Å². The van der Waals surface area contributed by atoms with Gasteiger partial charge in [0.15, 0.2) is 19.5 Å². The highest BCUT2D eigenvalue weighted by molar-refractivity contribution is 8.68. The second kappa shape index (κ2) is 10.6. The highest BCUT2D eigenvalue weighted by atomic mass is 32.9. The summed E-state index contributed by atoms with van der Waals surface area (Å²) in [6.07, 6.45) is 3.92. The Bertz CT molecular complexity index is 1410. The summed E-state index contributed by atoms with van der Waals surface area (Å²) in [6, 6.07) is 0. The predicted octanol–water partition coefficient (Wildman–Crippen LogP) is 5.89. The molecule has 0 radical (unpaired) electrons. The molecule has 0 amide bonds. The van der Waals surface area contributed by atoms with Crippen LogP contribution in [0.2, 0.25) is 18.1 Å². The van der Waals surface area contributed by atoms with Gasteiger partial charge < -0.3 is 23.9 Å². The SMILES string of the molecule is C=C(C)[C@@H]1CC[C@]2(C)S[P@@](=S)(O[C@H]3C[C@H](n4cnc5c(=O)[nH]c(N)nc54)O[C@@H]3CO[Si](C)(C)C(C)(C)C)O[C@H]2C1. The lowest BCUT2D eigenvalue weighted by Crippen LogP contribution is -2.44. The molecule has 2 aromatic heterocycles. The van der Waals surface area contributed by atoms with Gasteiger partial charge in [0.05, 0.1) is 25.1 Å². The summed E-state index contributed by atoms with van der Waals surface area (Å²) >= 11 is 7.85. The van der Waals surface area contributed by atoms with E-state index in [0.29, 0.717) is 24.6 Å². The fourth-order valence-electron chi connectivity index (χ4n) is 5.39. The van der Waals surface area contributed by atoms with Gasteiger partial charge in [0.1, 0.15) is 12.3 Å². The lowest BCUT2D eigenvalue weighted by Gasteiger charge is -2.37. The molecule has 1 saturated carbocycles. The Balaban J connectivity index is 1.40. The summed E-state index contributed by atoms with van der Waals surface area (Å²) in [7, 11) is -2.06. The number of aromatic nitrogens is 4. The van der Waals surface area contributed by atoms with E-state index in [0.717, 1.165) is 19.3 Å². The summed E-state index contributed by atoms with van der Waals surface area (Å²) in [5.41, 5.74) is 4.57. The summed E-state index contributed by atoms with van der Waals surface area (Å²) in [5.74, 6) is 0.473. The Morgan fingerprint density at radius 2 is 2.15 bits per heavy atom. The van der Waals surface area contributed by atoms with E-state index in [9.17, 15) is 4.79 Å². The number of fused-ring (bicyclic) bond motifs is 2. The molecule has 0 unspecified atom stereocenters. The van der Waals surface area contributed by atoms with Crippen molar-refractivity contribution in [1.29, 1.82) is 0 Å². The van der Waals surface area contributed by atoms with Crippen LogP contribution in [0.25, 0.3) is 11.2 Å². The van der Waals surface area contributed by atoms with Crippen LogP contribution in [0.1, 0.15) is 66.5 Å². The zero-order chi connectivity index (χ0) is 29.3. The zero-order valence-electron chi connectivity index (χ0n) is 24.4. The van der Waals surface area contributed by atoms with Gasteiger partial charge in [0.2, 0.25) is 11.6 Å². The van der Waals surface area contributed by atoms with Gasteiger partial charge in [-0.25, -0.2) is 4.98 Å². The lowest BCUT2D eigenvalue weighted by atomic mass is 9.77. The molecule has 2 aromatic rings. The minimum absolute atomic E-state index is 0.0259. The van der Waals surface area contributed by atoms with Crippen LogP contribution in [0, 0.1) is 5.92 Å². The first-order valence-corrected chi connectivity index (χ1v) is 20.8. The average molecular weight is 628 g/mol. The largest absolute Gasteiger partial charge is 0.414 e. The number of nitrogens with zero attached hydrogens (tertiary/aromatic N) is 3. The van der Waals surface area contributed by atoms with Crippen molar-refractivity contribution in [2.45, 2.75) is 108 Å². The summed E-state index contributed by atoms with van der Waals surface area (Å²) in [4.78, 5) is 23.5. The molecule has 14 heteroatoms. The molecule has 3 aliphatic rings. The van der Waals surface area contributed by atoms with Crippen LogP contribution in [0.5, 0.6) is 0 Å². The molecule has 7 atom stereocenters. The van der Waals surface area contributed by atoms with E-state index >= 15 is 0 Å². The van der Waals surface area contributed by atoms with E-state index in [1.165, 1.54) is 5.57 Å². The van der Waals surface area contributed by atoms with E-state index in [-0.39, 0.29) is 45.1 Å². The molecular weight excluding hydrogens is 586 g/mol. The number of anilines is 1. The quantitative estimate of drug-likeness (QED) is 0.218. The standard InChI is InChI=1S/C26H42N5O5PS2Si/c1-15(2)16-9-10-26(6)19(11-16)36-37(38,39-26)35-17-12-20(34-18(17)13-33-40(7,8)25(3,4)5)31-14-28-21-22(31)29-24(27)30-23(21)32/h14,16-20H,1,9-13H2,2-8H3,(H3,27,29,30,32)/t16-,17+,18-,19+,20-,26+,37+/m1/s1. The molecule has 0 bridgehead atoms. The van der Waals surface area contributed by atoms with Crippen molar-refractivity contribution in [1.82, 2.24) is 19.5 Å². The number of allylic oxidation sites excluding steroid dienone is 1. The van der Waals surface area contributed by atoms with Crippen LogP contribution < -0.4 is 11.3 Å². The van der Waals surface area contributed by atoms with E-state index in [4.69, 9.17) is 35.8 Å². The minimum Gasteiger partial charge on any atom is -0.414 e. The van der Waals surface area contributed by atoms with Gasteiger partial charge in [-0.1, -0.05) is 44.3 Å². The predicted molar refractivity (Wildman–Crippen MR) is 166 cm³/mol. The highest BCUT2D eigenvalue weighted by Crippen LogP contribution is 2.76. The van der Waals surface area contributed by atoms with E-state index in [2.05, 4.69) is 69.2 Å². The summed E-state index contributed by atoms with van der Waals surface area (Å²) in [6.45, 7) is 20.0. The third kappa shape index (κ3) is 5.77. The lowest BCUT2D eigenvalue weighted by molar-refractivity contribution is -0.0370. The van der Waals surface area contributed by atoms with E-state index in [1.807, 2.05) is 0 Å². The number of nitrogen functional groups attached to an aromatic ring is 1. The minimum atomic E-state index is -2.67. The molecule has 3 fully saturated rings. The number of H-pyrrole nitrogens is 1. The third-order valence-electron chi connectivity index (χ3n) is 9.06. The highest BCUT2D eigenvalue weighted by Gasteiger charge is 2.55. The van der Waals surface area contributed by atoms with Crippen LogP contribution in [-0.2, 0) is 30.0 Å². The van der Waals surface area contributed by atoms with Crippen molar-refractivity contribution >= 4 is 54.3 Å². The molecule has 3 N–H and O–H groups in total. The second-order valence-electron chi connectivity index (χ2n) is 13.1. The molecule has 2 aliphatic heterocycles. The van der Waals surface area contributed by atoms with Crippen molar-refractivity contribution in [3.05, 3.63) is 28.8 Å². The maximum Gasteiger partial charge on any atom is 0.280 e. The van der Waals surface area contributed by atoms with Gasteiger partial charge in [0, 0.05) is 11.2 Å². The van der Waals surface area contributed by atoms with Crippen molar-refractivity contribution in [2.75, 3.05) is 12.3 Å². The molecule has 4 heterocycles. The Morgan fingerprint density at radius 3 is 2.83 bits per heavy atom. The van der Waals surface area contributed by atoms with Crippen molar-refractivity contribution in [3.8, 4) is 0 Å². The number of aromatic amines is 1. The fourth-order valence-corrected chi connectivity index (χ4v) is 14.0. The molecule has 10 nitrogen and oxygen atoms in total. The molecule has 1 aliphatic carbocycles. The number of hydrogen-bond acceptors (Lipinski definition) is 10. The normalized spacial score (nSPS) is 34.8. The number of rotatable bonds is 7. The van der Waals surface area contributed by atoms with Gasteiger partial charge in [0.25, 0.3) is 5.56 Å². The Hall–Kier alpha value is -1.05. The Morgan fingerprint density at radius 1 is 1.43 bits per heavy atom. The topological polar surface area (TPSA) is 127 Å². The number of ether oxygens (including phenoxy) is 1. The maximum absolute atomic E-state index is 12.4. The van der Waals surface area contributed by atoms with Crippen LogP contribution in [-0.4, -0.2) is 57.5 Å². The van der Waals surface area contributed by atoms with Gasteiger partial charge in [-0.2, -0.15) is 4.98 Å². The fraction of sp³-hybridized carbons (Fsp3) is 0.731. The van der Waals surface area contributed by atoms with Crippen LogP contribution >= 0.6 is 17.1 Å². The summed E-state index contributed by atoms with van der Waals surface area (Å²) in [5, 5.41) is 0.0468. The number of nitrogens with one attached hydrogen (secondary N) is 1. The van der Waals surface area contributed by atoms with Crippen LogP contribution in [0.4, 0.5) is 5.95 Å². The van der Waals surface area contributed by atoms with Gasteiger partial charge in [-0.05, 0) is 69.0 Å². The summed E-state index contributed by atoms with van der Waals surface area (Å²) < 4.78 is 28.2. The Kier molecular flexibility index (Phi) is 8.05. The third-order valence-corrected chi connectivity index (χ3v) is 19.3. The van der Waals surface area contributed by atoms with Gasteiger partial charge >= 0.3 is 0 Å². The monoisotopic (exact) mass is 627 g/mol. The first-order valence-electron chi connectivity index (χ1n) is 13.8. The molecule has 5 rings (SSSR count). The Labute approximate surface area is 246 Å². The van der Waals surface area contributed by atoms with Crippen LogP contribution in [0.15, 0.2) is 23.3 Å². The number of imidazole rings is 1. The first-order chi connectivity index (χ1) is 18.5. The van der Waals surface area contributed by atoms with E-state index in [1.54, 1.807) is 22.3 Å². The number of nitrogens with two attached hydrogens (primary N) is 1. The second-order valence-corrected chi connectivity index (χ2v) is 24.5. The van der Waals surface area contributed by atoms with Crippen molar-refractivity contribution < 1.29 is 18.2 Å². The smallest absolute Gasteiger partial charge is 0.280 e. The van der Waals surface area contributed by atoms with Crippen molar-refractivity contribution in [3.63, 3.8) is 0 Å². The molecule has 222 valence electrons. The number of hydrogen-bond donors (Lipinski definition) is 2. The van der Waals surface area contributed by atoms with Crippen molar-refractivity contribution in [2.24, 2.45) is 5.92 Å². The van der Waals surface area contributed by atoms with Gasteiger partial charge in [-0.3, -0.25) is 14.3 Å². The molecule has 0 aromatic carbocycles. The van der Waals surface area contributed by atoms with Gasteiger partial charge in [-0.15, -0.1) is 0 Å². The maximum atomic E-state index is 12.4.